The lowest BCUT2D eigenvalue weighted by Crippen LogP contribution is -3.15. The Labute approximate surface area is 139 Å². The fraction of sp³-hybridized carbons (Fsp3) is 0.500. The number of fused-ring (bicyclic) bond motifs is 1. The molecule has 0 aromatic heterocycles. The second-order valence-corrected chi connectivity index (χ2v) is 6.73. The zero-order valence-corrected chi connectivity index (χ0v) is 14.3. The van der Waals surface area contributed by atoms with Crippen molar-refractivity contribution >= 4 is 10.8 Å². The van der Waals surface area contributed by atoms with Gasteiger partial charge in [-0.1, -0.05) is 30.3 Å². The molecule has 124 valence electrons. The third kappa shape index (κ3) is 4.69. The summed E-state index contributed by atoms with van der Waals surface area (Å²) in [6, 6.07) is 14.7. The van der Waals surface area contributed by atoms with Gasteiger partial charge >= 0.3 is 0 Å². The third-order valence-corrected chi connectivity index (χ3v) is 4.53. The average molecular weight is 314 g/mol. The van der Waals surface area contributed by atoms with E-state index in [4.69, 9.17) is 9.47 Å². The molecule has 2 aromatic carbocycles. The van der Waals surface area contributed by atoms with Crippen molar-refractivity contribution in [2.24, 2.45) is 0 Å². The zero-order valence-electron chi connectivity index (χ0n) is 14.3. The summed E-state index contributed by atoms with van der Waals surface area (Å²) in [4.78, 5) is 1.67. The SMILES string of the molecule is C[C@@H]1C[NH+](CCCCOc2ccc3ccccc3c2)C[C@@H](C)O1. The van der Waals surface area contributed by atoms with E-state index in [9.17, 15) is 0 Å². The number of benzene rings is 2. The molecule has 0 spiro atoms. The normalized spacial score (nSPS) is 24.7. The molecule has 1 aliphatic rings. The maximum atomic E-state index is 5.91. The van der Waals surface area contributed by atoms with E-state index in [1.54, 1.807) is 4.90 Å². The van der Waals surface area contributed by atoms with Crippen molar-refractivity contribution in [2.75, 3.05) is 26.2 Å². The molecule has 2 atom stereocenters. The van der Waals surface area contributed by atoms with Crippen LogP contribution >= 0.6 is 0 Å². The van der Waals surface area contributed by atoms with Gasteiger partial charge in [-0.3, -0.25) is 0 Å². The summed E-state index contributed by atoms with van der Waals surface area (Å²) in [5, 5.41) is 2.50. The lowest BCUT2D eigenvalue weighted by molar-refractivity contribution is -0.915. The molecule has 0 saturated carbocycles. The van der Waals surface area contributed by atoms with Crippen LogP contribution in [0, 0.1) is 0 Å². The van der Waals surface area contributed by atoms with Gasteiger partial charge in [0.25, 0.3) is 0 Å². The fourth-order valence-electron chi connectivity index (χ4n) is 3.52. The van der Waals surface area contributed by atoms with Crippen molar-refractivity contribution < 1.29 is 14.4 Å². The first-order valence-electron chi connectivity index (χ1n) is 8.81. The van der Waals surface area contributed by atoms with E-state index in [0.29, 0.717) is 12.2 Å². The average Bonchev–Trinajstić information content (AvgIpc) is 2.53. The zero-order chi connectivity index (χ0) is 16.1. The van der Waals surface area contributed by atoms with Crippen LogP contribution in [0.3, 0.4) is 0 Å². The molecular formula is C20H28NO2+. The predicted molar refractivity (Wildman–Crippen MR) is 94.2 cm³/mol. The minimum Gasteiger partial charge on any atom is -0.494 e. The van der Waals surface area contributed by atoms with Crippen LogP contribution in [0.25, 0.3) is 10.8 Å². The molecule has 2 aromatic rings. The van der Waals surface area contributed by atoms with E-state index in [0.717, 1.165) is 31.9 Å². The van der Waals surface area contributed by atoms with Crippen LogP contribution in [0.4, 0.5) is 0 Å². The van der Waals surface area contributed by atoms with Crippen molar-refractivity contribution in [3.63, 3.8) is 0 Å². The van der Waals surface area contributed by atoms with E-state index in [1.807, 2.05) is 0 Å². The first-order chi connectivity index (χ1) is 11.2. The number of hydrogen-bond donors (Lipinski definition) is 1. The largest absolute Gasteiger partial charge is 0.494 e. The van der Waals surface area contributed by atoms with Gasteiger partial charge in [0.05, 0.1) is 13.2 Å². The summed E-state index contributed by atoms with van der Waals surface area (Å²) in [6.45, 7) is 8.65. The van der Waals surface area contributed by atoms with Gasteiger partial charge in [0.1, 0.15) is 31.0 Å². The highest BCUT2D eigenvalue weighted by molar-refractivity contribution is 5.83. The second kappa shape index (κ2) is 7.80. The molecule has 1 aliphatic heterocycles. The predicted octanol–water partition coefficient (Wildman–Crippen LogP) is 2.69. The molecule has 0 aliphatic carbocycles. The Morgan fingerprint density at radius 2 is 1.74 bits per heavy atom. The lowest BCUT2D eigenvalue weighted by Gasteiger charge is -2.32. The molecule has 23 heavy (non-hydrogen) atoms. The Kier molecular flexibility index (Phi) is 5.52. The highest BCUT2D eigenvalue weighted by atomic mass is 16.5. The van der Waals surface area contributed by atoms with E-state index < -0.39 is 0 Å². The lowest BCUT2D eigenvalue weighted by atomic mass is 10.1. The fourth-order valence-corrected chi connectivity index (χ4v) is 3.52. The van der Waals surface area contributed by atoms with E-state index >= 15 is 0 Å². The maximum absolute atomic E-state index is 5.91. The van der Waals surface area contributed by atoms with Crippen LogP contribution in [0.5, 0.6) is 5.75 Å². The van der Waals surface area contributed by atoms with Gasteiger partial charge in [-0.2, -0.15) is 0 Å². The Morgan fingerprint density at radius 1 is 1.00 bits per heavy atom. The topological polar surface area (TPSA) is 22.9 Å². The third-order valence-electron chi connectivity index (χ3n) is 4.53. The first kappa shape index (κ1) is 16.3. The summed E-state index contributed by atoms with van der Waals surface area (Å²) >= 11 is 0. The molecule has 1 N–H and O–H groups in total. The Morgan fingerprint density at radius 3 is 2.52 bits per heavy atom. The summed E-state index contributed by atoms with van der Waals surface area (Å²) < 4.78 is 11.7. The van der Waals surface area contributed by atoms with Crippen LogP contribution in [0.15, 0.2) is 42.5 Å². The van der Waals surface area contributed by atoms with Gasteiger partial charge in [-0.25, -0.2) is 0 Å². The van der Waals surface area contributed by atoms with Crippen LogP contribution in [-0.2, 0) is 4.74 Å². The van der Waals surface area contributed by atoms with Gasteiger partial charge in [-0.15, -0.1) is 0 Å². The minimum absolute atomic E-state index is 0.391. The van der Waals surface area contributed by atoms with Crippen LogP contribution in [-0.4, -0.2) is 38.4 Å². The molecule has 3 rings (SSSR count). The molecule has 3 nitrogen and oxygen atoms in total. The van der Waals surface area contributed by atoms with Gasteiger partial charge in [0.15, 0.2) is 0 Å². The van der Waals surface area contributed by atoms with E-state index in [2.05, 4.69) is 56.3 Å². The molecule has 1 saturated heterocycles. The Bertz CT molecular complexity index is 618. The highest BCUT2D eigenvalue weighted by Gasteiger charge is 2.24. The molecule has 0 radical (unpaired) electrons. The Hall–Kier alpha value is -1.58. The maximum Gasteiger partial charge on any atom is 0.119 e. The van der Waals surface area contributed by atoms with Gasteiger partial charge in [0, 0.05) is 0 Å². The first-order valence-corrected chi connectivity index (χ1v) is 8.81. The van der Waals surface area contributed by atoms with Gasteiger partial charge < -0.3 is 14.4 Å². The summed E-state index contributed by atoms with van der Waals surface area (Å²) in [7, 11) is 0. The summed E-state index contributed by atoms with van der Waals surface area (Å²) in [6.07, 6.45) is 3.10. The van der Waals surface area contributed by atoms with Gasteiger partial charge in [0.2, 0.25) is 0 Å². The Balaban J connectivity index is 1.39. The molecular weight excluding hydrogens is 286 g/mol. The number of hydrogen-bond acceptors (Lipinski definition) is 2. The molecule has 3 heteroatoms. The van der Waals surface area contributed by atoms with Crippen molar-refractivity contribution in [1.29, 1.82) is 0 Å². The molecule has 0 unspecified atom stereocenters. The molecule has 1 heterocycles. The highest BCUT2D eigenvalue weighted by Crippen LogP contribution is 2.20. The number of rotatable bonds is 6. The molecule has 0 amide bonds. The van der Waals surface area contributed by atoms with Crippen molar-refractivity contribution in [2.45, 2.75) is 38.9 Å². The smallest absolute Gasteiger partial charge is 0.119 e. The van der Waals surface area contributed by atoms with Crippen molar-refractivity contribution in [3.05, 3.63) is 42.5 Å². The monoisotopic (exact) mass is 314 g/mol. The quantitative estimate of drug-likeness (QED) is 0.829. The van der Waals surface area contributed by atoms with E-state index in [-0.39, 0.29) is 0 Å². The number of quaternary nitrogens is 1. The number of ether oxygens (including phenoxy) is 2. The van der Waals surface area contributed by atoms with Crippen LogP contribution in [0.2, 0.25) is 0 Å². The minimum atomic E-state index is 0.391. The summed E-state index contributed by atoms with van der Waals surface area (Å²) in [5.74, 6) is 0.977. The van der Waals surface area contributed by atoms with Crippen molar-refractivity contribution in [1.82, 2.24) is 0 Å². The van der Waals surface area contributed by atoms with Gasteiger partial charge in [-0.05, 0) is 49.6 Å². The number of morpholine rings is 1. The molecule has 1 fully saturated rings. The number of nitrogens with one attached hydrogen (secondary N) is 1. The molecule has 0 bridgehead atoms. The number of unbranched alkanes of at least 4 members (excludes halogenated alkanes) is 1. The van der Waals surface area contributed by atoms with Crippen LogP contribution < -0.4 is 9.64 Å². The second-order valence-electron chi connectivity index (χ2n) is 6.73. The van der Waals surface area contributed by atoms with E-state index in [1.165, 1.54) is 23.7 Å². The van der Waals surface area contributed by atoms with Crippen LogP contribution in [0.1, 0.15) is 26.7 Å². The standard InChI is InChI=1S/C20H27NO2/c1-16-14-21(15-17(2)23-16)11-5-6-12-22-20-10-9-18-7-3-4-8-19(18)13-20/h3-4,7-10,13,16-17H,5-6,11-12,14-15H2,1-2H3/p+1/t16-,17-/m1/s1. The summed E-state index contributed by atoms with van der Waals surface area (Å²) in [5.41, 5.74) is 0. The van der Waals surface area contributed by atoms with Crippen molar-refractivity contribution in [3.8, 4) is 5.75 Å².